The number of piperazine rings is 1. The van der Waals surface area contributed by atoms with Crippen molar-refractivity contribution in [1.29, 1.82) is 0 Å². The number of hydrogen-bond donors (Lipinski definition) is 2. The van der Waals surface area contributed by atoms with E-state index >= 15 is 0 Å². The Labute approximate surface area is 298 Å². The van der Waals surface area contributed by atoms with Crippen LogP contribution < -0.4 is 10.1 Å². The largest absolute Gasteiger partial charge is 0.483 e. The normalized spacial score (nSPS) is 16.0. The van der Waals surface area contributed by atoms with Crippen LogP contribution in [0.1, 0.15) is 36.2 Å². The Balaban J connectivity index is 1.29. The van der Waals surface area contributed by atoms with Crippen molar-refractivity contribution in [2.45, 2.75) is 20.3 Å². The average molecular weight is 723 g/mol. The number of nitrogens with zero attached hydrogens (tertiary/aromatic N) is 3. The second-order valence-electron chi connectivity index (χ2n) is 12.3. The lowest BCUT2D eigenvalue weighted by Crippen LogP contribution is -2.50. The van der Waals surface area contributed by atoms with Gasteiger partial charge in [-0.05, 0) is 71.7 Å². The van der Waals surface area contributed by atoms with Crippen LogP contribution in [0.5, 0.6) is 5.75 Å². The third kappa shape index (κ3) is 9.31. The van der Waals surface area contributed by atoms with Gasteiger partial charge in [-0.1, -0.05) is 50.0 Å². The van der Waals surface area contributed by atoms with E-state index in [0.29, 0.717) is 47.1 Å². The predicted molar refractivity (Wildman–Crippen MR) is 192 cm³/mol. The lowest BCUT2D eigenvalue weighted by Gasteiger charge is -2.35. The molecule has 2 aliphatic rings. The Kier molecular flexibility index (Phi) is 12.0. The molecule has 3 aromatic carbocycles. The molecule has 5 rings (SSSR count). The minimum absolute atomic E-state index is 0.00175. The molecule has 0 unspecified atom stereocenters. The van der Waals surface area contributed by atoms with Crippen LogP contribution in [0, 0.1) is 17.6 Å². The Morgan fingerprint density at radius 3 is 2.32 bits per heavy atom. The van der Waals surface area contributed by atoms with E-state index in [2.05, 4.69) is 24.1 Å². The SMILES string of the molecule is CC(C)CN1CCN(C(=O)COc2ccc(-c3ccc(F)c(F)c3)cc2C=C2SC(=S)N(CCC(=O)Nc3ccc(C(=O)O)cc3)C2=O)CC1. The van der Waals surface area contributed by atoms with Crippen LogP contribution in [0.2, 0.25) is 0 Å². The number of ether oxygens (including phenoxy) is 1. The molecular formula is C36H36F2N4O6S2. The summed E-state index contributed by atoms with van der Waals surface area (Å²) in [5, 5.41) is 11.7. The zero-order chi connectivity index (χ0) is 35.9. The van der Waals surface area contributed by atoms with Gasteiger partial charge in [-0.2, -0.15) is 0 Å². The molecule has 0 radical (unpaired) electrons. The highest BCUT2D eigenvalue weighted by Crippen LogP contribution is 2.36. The van der Waals surface area contributed by atoms with Gasteiger partial charge in [0, 0.05) is 56.9 Å². The summed E-state index contributed by atoms with van der Waals surface area (Å²) in [6, 6.07) is 14.2. The number of rotatable bonds is 12. The Morgan fingerprint density at radius 1 is 0.980 bits per heavy atom. The first kappa shape index (κ1) is 36.6. The van der Waals surface area contributed by atoms with E-state index in [-0.39, 0.29) is 40.3 Å². The Bertz CT molecular complexity index is 1830. The molecule has 2 fully saturated rings. The van der Waals surface area contributed by atoms with Crippen molar-refractivity contribution in [3.63, 3.8) is 0 Å². The molecule has 3 aromatic rings. The van der Waals surface area contributed by atoms with E-state index in [4.69, 9.17) is 22.1 Å². The third-order valence-corrected chi connectivity index (χ3v) is 9.48. The zero-order valence-corrected chi connectivity index (χ0v) is 29.1. The first-order valence-corrected chi connectivity index (χ1v) is 17.2. The molecule has 262 valence electrons. The number of anilines is 1. The van der Waals surface area contributed by atoms with Crippen LogP contribution in [0.15, 0.2) is 65.6 Å². The maximum Gasteiger partial charge on any atom is 0.335 e. The van der Waals surface area contributed by atoms with Crippen LogP contribution in [-0.2, 0) is 14.4 Å². The number of halogens is 2. The molecule has 2 aliphatic heterocycles. The minimum Gasteiger partial charge on any atom is -0.483 e. The molecule has 0 saturated carbocycles. The monoisotopic (exact) mass is 722 g/mol. The van der Waals surface area contributed by atoms with Crippen LogP contribution in [0.4, 0.5) is 14.5 Å². The first-order chi connectivity index (χ1) is 23.9. The van der Waals surface area contributed by atoms with Crippen LogP contribution in [0.25, 0.3) is 17.2 Å². The number of carboxylic acids is 1. The highest BCUT2D eigenvalue weighted by atomic mass is 32.2. The van der Waals surface area contributed by atoms with Crippen LogP contribution >= 0.6 is 24.0 Å². The number of hydrogen-bond acceptors (Lipinski definition) is 8. The average Bonchev–Trinajstić information content (AvgIpc) is 3.35. The van der Waals surface area contributed by atoms with Crippen molar-refractivity contribution < 1.29 is 37.8 Å². The van der Waals surface area contributed by atoms with Gasteiger partial charge in [-0.25, -0.2) is 13.6 Å². The molecule has 10 nitrogen and oxygen atoms in total. The van der Waals surface area contributed by atoms with E-state index < -0.39 is 29.4 Å². The van der Waals surface area contributed by atoms with E-state index in [9.17, 15) is 28.0 Å². The number of thiocarbonyl (C=S) groups is 1. The topological polar surface area (TPSA) is 119 Å². The summed E-state index contributed by atoms with van der Waals surface area (Å²) >= 11 is 6.50. The summed E-state index contributed by atoms with van der Waals surface area (Å²) in [5.74, 6) is -3.24. The molecule has 14 heteroatoms. The number of amides is 3. The first-order valence-electron chi connectivity index (χ1n) is 16.0. The minimum atomic E-state index is -1.08. The quantitative estimate of drug-likeness (QED) is 0.178. The molecule has 0 atom stereocenters. The molecule has 50 heavy (non-hydrogen) atoms. The number of nitrogens with one attached hydrogen (secondary N) is 1. The number of carbonyl (C=O) groups excluding carboxylic acids is 3. The van der Waals surface area contributed by atoms with Crippen molar-refractivity contribution in [2.24, 2.45) is 5.92 Å². The van der Waals surface area contributed by atoms with Crippen molar-refractivity contribution in [3.8, 4) is 16.9 Å². The van der Waals surface area contributed by atoms with E-state index in [1.807, 2.05) is 0 Å². The van der Waals surface area contributed by atoms with Gasteiger partial charge in [0.1, 0.15) is 10.1 Å². The molecule has 0 spiro atoms. The zero-order valence-electron chi connectivity index (χ0n) is 27.5. The van der Waals surface area contributed by atoms with Crippen molar-refractivity contribution >= 4 is 63.8 Å². The number of carbonyl (C=O) groups is 4. The highest BCUT2D eigenvalue weighted by molar-refractivity contribution is 8.26. The lowest BCUT2D eigenvalue weighted by molar-refractivity contribution is -0.135. The second kappa shape index (κ2) is 16.4. The smallest absolute Gasteiger partial charge is 0.335 e. The molecule has 0 aliphatic carbocycles. The number of aromatic carboxylic acids is 1. The van der Waals surface area contributed by atoms with Gasteiger partial charge in [0.05, 0.1) is 10.5 Å². The molecule has 2 N–H and O–H groups in total. The fourth-order valence-corrected chi connectivity index (χ4v) is 6.84. The van der Waals surface area contributed by atoms with Gasteiger partial charge >= 0.3 is 5.97 Å². The van der Waals surface area contributed by atoms with E-state index in [1.165, 1.54) is 35.2 Å². The van der Waals surface area contributed by atoms with E-state index in [0.717, 1.165) is 43.5 Å². The number of thioether (sulfide) groups is 1. The maximum absolute atomic E-state index is 14.1. The summed E-state index contributed by atoms with van der Waals surface area (Å²) in [7, 11) is 0. The van der Waals surface area contributed by atoms with Gasteiger partial charge in [0.2, 0.25) is 5.91 Å². The van der Waals surface area contributed by atoms with Gasteiger partial charge < -0.3 is 20.1 Å². The van der Waals surface area contributed by atoms with Crippen LogP contribution in [-0.4, -0.2) is 93.7 Å². The Hall–Kier alpha value is -4.66. The fraction of sp³-hybridized carbons (Fsp3) is 0.306. The highest BCUT2D eigenvalue weighted by Gasteiger charge is 2.32. The molecule has 2 saturated heterocycles. The van der Waals surface area contributed by atoms with Crippen molar-refractivity contribution in [2.75, 3.05) is 51.2 Å². The van der Waals surface area contributed by atoms with Gasteiger partial charge in [-0.15, -0.1) is 0 Å². The van der Waals surface area contributed by atoms with Crippen LogP contribution in [0.3, 0.4) is 0 Å². The van der Waals surface area contributed by atoms with Crippen molar-refractivity contribution in [3.05, 3.63) is 88.3 Å². The summed E-state index contributed by atoms with van der Waals surface area (Å²) in [4.78, 5) is 55.9. The molecule has 0 aromatic heterocycles. The summed E-state index contributed by atoms with van der Waals surface area (Å²) in [5.41, 5.74) is 1.84. The van der Waals surface area contributed by atoms with Gasteiger partial charge in [0.25, 0.3) is 11.8 Å². The number of benzene rings is 3. The number of carboxylic acid groups (broad SMARTS) is 1. The van der Waals surface area contributed by atoms with Crippen molar-refractivity contribution in [1.82, 2.24) is 14.7 Å². The molecule has 3 amide bonds. The molecule has 2 heterocycles. The summed E-state index contributed by atoms with van der Waals surface area (Å²) in [6.45, 7) is 7.79. The second-order valence-corrected chi connectivity index (χ2v) is 13.9. The molecular weight excluding hydrogens is 687 g/mol. The Morgan fingerprint density at radius 2 is 1.66 bits per heavy atom. The summed E-state index contributed by atoms with van der Waals surface area (Å²) < 4.78 is 34.0. The standard InChI is InChI=1S/C36H36F2N4O6S2/c1-22(2)20-40-13-15-41(16-14-40)33(44)21-48-30-10-6-24(25-5-9-28(37)29(38)18-25)17-26(30)19-31-34(45)42(36(49)50-31)12-11-32(43)39-27-7-3-23(4-8-27)35(46)47/h3-10,17-19,22H,11-16,20-21H2,1-2H3,(H,39,43)(H,46,47). The third-order valence-electron chi connectivity index (χ3n) is 8.10. The lowest BCUT2D eigenvalue weighted by atomic mass is 10.0. The predicted octanol–water partition coefficient (Wildman–Crippen LogP) is 5.74. The fourth-order valence-electron chi connectivity index (χ4n) is 5.54. The summed E-state index contributed by atoms with van der Waals surface area (Å²) in [6.07, 6.45) is 1.49. The van der Waals surface area contributed by atoms with E-state index in [1.54, 1.807) is 29.2 Å². The molecule has 0 bridgehead atoms. The van der Waals surface area contributed by atoms with Gasteiger partial charge in [-0.3, -0.25) is 24.2 Å². The van der Waals surface area contributed by atoms with Gasteiger partial charge in [0.15, 0.2) is 18.2 Å². The maximum atomic E-state index is 14.1.